The Morgan fingerprint density at radius 3 is 2.91 bits per heavy atom. The van der Waals surface area contributed by atoms with Gasteiger partial charge in [0.15, 0.2) is 0 Å². The Labute approximate surface area is 66.2 Å². The first kappa shape index (κ1) is 7.77. The molecule has 0 aliphatic heterocycles. The van der Waals surface area contributed by atoms with Crippen LogP contribution >= 0.6 is 0 Å². The third-order valence-corrected chi connectivity index (χ3v) is 1.28. The minimum Gasteiger partial charge on any atom is -0.380 e. The van der Waals surface area contributed by atoms with Gasteiger partial charge in [0.2, 0.25) is 0 Å². The average Bonchev–Trinajstić information content (AvgIpc) is 2.07. The number of rotatable bonds is 2. The van der Waals surface area contributed by atoms with Gasteiger partial charge in [0.05, 0.1) is 6.61 Å². The Balaban J connectivity index is 2.76. The van der Waals surface area contributed by atoms with E-state index in [9.17, 15) is 0 Å². The van der Waals surface area contributed by atoms with Crippen molar-refractivity contribution >= 4 is 0 Å². The van der Waals surface area contributed by atoms with E-state index in [1.165, 1.54) is 0 Å². The zero-order chi connectivity index (χ0) is 8.10. The molecule has 0 N–H and O–H groups in total. The van der Waals surface area contributed by atoms with Gasteiger partial charge < -0.3 is 4.74 Å². The fraction of sp³-hybridized carbons (Fsp3) is 0.222. The SMILES string of the molecule is C#Cc1ccc(COC)cn1. The zero-order valence-corrected chi connectivity index (χ0v) is 6.37. The van der Waals surface area contributed by atoms with E-state index in [4.69, 9.17) is 11.2 Å². The van der Waals surface area contributed by atoms with E-state index in [1.807, 2.05) is 6.07 Å². The van der Waals surface area contributed by atoms with Crippen molar-refractivity contribution in [2.45, 2.75) is 6.61 Å². The number of ether oxygens (including phenoxy) is 1. The predicted octanol–water partition coefficient (Wildman–Crippen LogP) is 1.21. The molecule has 0 radical (unpaired) electrons. The fourth-order valence-corrected chi connectivity index (χ4v) is 0.762. The molecule has 1 aromatic heterocycles. The second-order valence-corrected chi connectivity index (χ2v) is 2.13. The van der Waals surface area contributed by atoms with Crippen LogP contribution in [-0.2, 0) is 11.3 Å². The Morgan fingerprint density at radius 2 is 2.45 bits per heavy atom. The van der Waals surface area contributed by atoms with Crippen LogP contribution in [0.4, 0.5) is 0 Å². The molecule has 0 spiro atoms. The molecule has 0 atom stereocenters. The number of terminal acetylenes is 1. The van der Waals surface area contributed by atoms with Gasteiger partial charge in [-0.2, -0.15) is 0 Å². The molecule has 1 aromatic rings. The summed E-state index contributed by atoms with van der Waals surface area (Å²) < 4.78 is 4.91. The first-order chi connectivity index (χ1) is 5.36. The van der Waals surface area contributed by atoms with E-state index in [2.05, 4.69) is 10.9 Å². The van der Waals surface area contributed by atoms with Crippen molar-refractivity contribution in [3.05, 3.63) is 29.6 Å². The lowest BCUT2D eigenvalue weighted by atomic mass is 10.3. The zero-order valence-electron chi connectivity index (χ0n) is 6.37. The maximum absolute atomic E-state index is 5.13. The Hall–Kier alpha value is -1.33. The molecule has 0 aliphatic rings. The van der Waals surface area contributed by atoms with Crippen molar-refractivity contribution in [3.8, 4) is 12.3 Å². The van der Waals surface area contributed by atoms with Gasteiger partial charge >= 0.3 is 0 Å². The van der Waals surface area contributed by atoms with Crippen LogP contribution in [0.2, 0.25) is 0 Å². The van der Waals surface area contributed by atoms with Crippen LogP contribution in [0.3, 0.4) is 0 Å². The molecule has 0 aliphatic carbocycles. The highest BCUT2D eigenvalue weighted by Gasteiger charge is 1.91. The van der Waals surface area contributed by atoms with E-state index in [-0.39, 0.29) is 0 Å². The molecule has 11 heavy (non-hydrogen) atoms. The first-order valence-electron chi connectivity index (χ1n) is 3.27. The monoisotopic (exact) mass is 147 g/mol. The lowest BCUT2D eigenvalue weighted by Crippen LogP contribution is -1.89. The van der Waals surface area contributed by atoms with Crippen molar-refractivity contribution in [3.63, 3.8) is 0 Å². The molecule has 0 aromatic carbocycles. The van der Waals surface area contributed by atoms with E-state index >= 15 is 0 Å². The minimum absolute atomic E-state index is 0.581. The standard InChI is InChI=1S/C9H9NO/c1-3-9-5-4-8(6-10-9)7-11-2/h1,4-6H,7H2,2H3. The van der Waals surface area contributed by atoms with E-state index in [1.54, 1.807) is 19.4 Å². The quantitative estimate of drug-likeness (QED) is 0.586. The predicted molar refractivity (Wildman–Crippen MR) is 42.9 cm³/mol. The Morgan fingerprint density at radius 1 is 1.64 bits per heavy atom. The van der Waals surface area contributed by atoms with Crippen LogP contribution in [-0.4, -0.2) is 12.1 Å². The van der Waals surface area contributed by atoms with Gasteiger partial charge in [-0.3, -0.25) is 0 Å². The van der Waals surface area contributed by atoms with E-state index in [0.29, 0.717) is 12.3 Å². The summed E-state index contributed by atoms with van der Waals surface area (Å²) in [5.41, 5.74) is 1.69. The summed E-state index contributed by atoms with van der Waals surface area (Å²) >= 11 is 0. The highest BCUT2D eigenvalue weighted by molar-refractivity contribution is 5.25. The molecule has 0 amide bonds. The average molecular weight is 147 g/mol. The largest absolute Gasteiger partial charge is 0.380 e. The van der Waals surface area contributed by atoms with Gasteiger partial charge in [-0.25, -0.2) is 4.98 Å². The minimum atomic E-state index is 0.581. The highest BCUT2D eigenvalue weighted by atomic mass is 16.5. The van der Waals surface area contributed by atoms with Crippen molar-refractivity contribution in [1.82, 2.24) is 4.98 Å². The lowest BCUT2D eigenvalue weighted by molar-refractivity contribution is 0.184. The summed E-state index contributed by atoms with van der Waals surface area (Å²) in [6, 6.07) is 3.71. The normalized spacial score (nSPS) is 9.09. The molecule has 0 fully saturated rings. The van der Waals surface area contributed by atoms with E-state index in [0.717, 1.165) is 5.56 Å². The van der Waals surface area contributed by atoms with Gasteiger partial charge in [-0.15, -0.1) is 6.42 Å². The summed E-state index contributed by atoms with van der Waals surface area (Å²) in [7, 11) is 1.65. The topological polar surface area (TPSA) is 22.1 Å². The van der Waals surface area contributed by atoms with Crippen molar-refractivity contribution in [2.24, 2.45) is 0 Å². The molecule has 1 heterocycles. The van der Waals surface area contributed by atoms with Crippen LogP contribution in [0.15, 0.2) is 18.3 Å². The molecular formula is C9H9NO. The summed E-state index contributed by atoms with van der Waals surface area (Å²) in [5.74, 6) is 2.44. The Kier molecular flexibility index (Phi) is 2.65. The summed E-state index contributed by atoms with van der Waals surface area (Å²) in [5, 5.41) is 0. The van der Waals surface area contributed by atoms with Crippen molar-refractivity contribution < 1.29 is 4.74 Å². The van der Waals surface area contributed by atoms with Gasteiger partial charge in [-0.1, -0.05) is 12.0 Å². The molecular weight excluding hydrogens is 138 g/mol. The van der Waals surface area contributed by atoms with E-state index < -0.39 is 0 Å². The van der Waals surface area contributed by atoms with Crippen LogP contribution in [0.25, 0.3) is 0 Å². The third kappa shape index (κ3) is 2.06. The van der Waals surface area contributed by atoms with Crippen molar-refractivity contribution in [1.29, 1.82) is 0 Å². The number of nitrogens with zero attached hydrogens (tertiary/aromatic N) is 1. The highest BCUT2D eigenvalue weighted by Crippen LogP contribution is 1.99. The second kappa shape index (κ2) is 3.75. The number of aromatic nitrogens is 1. The number of hydrogen-bond donors (Lipinski definition) is 0. The van der Waals surface area contributed by atoms with Crippen LogP contribution in [0, 0.1) is 12.3 Å². The molecule has 2 heteroatoms. The van der Waals surface area contributed by atoms with Crippen molar-refractivity contribution in [2.75, 3.05) is 7.11 Å². The number of pyridine rings is 1. The maximum atomic E-state index is 5.13. The summed E-state index contributed by atoms with van der Waals surface area (Å²) in [6.45, 7) is 0.581. The molecule has 0 saturated carbocycles. The van der Waals surface area contributed by atoms with Gasteiger partial charge in [-0.05, 0) is 11.6 Å². The number of hydrogen-bond acceptors (Lipinski definition) is 2. The number of methoxy groups -OCH3 is 1. The molecule has 56 valence electrons. The molecule has 0 saturated heterocycles. The van der Waals surface area contributed by atoms with Crippen LogP contribution in [0.5, 0.6) is 0 Å². The summed E-state index contributed by atoms with van der Waals surface area (Å²) in [4.78, 5) is 4.00. The molecule has 2 nitrogen and oxygen atoms in total. The van der Waals surface area contributed by atoms with Crippen LogP contribution in [0.1, 0.15) is 11.3 Å². The van der Waals surface area contributed by atoms with Gasteiger partial charge in [0.25, 0.3) is 0 Å². The molecule has 0 unspecified atom stereocenters. The lowest BCUT2D eigenvalue weighted by Gasteiger charge is -1.97. The smallest absolute Gasteiger partial charge is 0.112 e. The fourth-order valence-electron chi connectivity index (χ4n) is 0.762. The second-order valence-electron chi connectivity index (χ2n) is 2.13. The maximum Gasteiger partial charge on any atom is 0.112 e. The molecule has 1 rings (SSSR count). The van der Waals surface area contributed by atoms with Crippen LogP contribution < -0.4 is 0 Å². The van der Waals surface area contributed by atoms with Gasteiger partial charge in [0.1, 0.15) is 5.69 Å². The third-order valence-electron chi connectivity index (χ3n) is 1.28. The Bertz CT molecular complexity index is 258. The van der Waals surface area contributed by atoms with Gasteiger partial charge in [0, 0.05) is 13.3 Å². The molecule has 0 bridgehead atoms. The first-order valence-corrected chi connectivity index (χ1v) is 3.27. The summed E-state index contributed by atoms with van der Waals surface area (Å²) in [6.07, 6.45) is 6.85.